The minimum atomic E-state index is -0.659. The van der Waals surface area contributed by atoms with Gasteiger partial charge in [-0.2, -0.15) is 0 Å². The van der Waals surface area contributed by atoms with E-state index >= 15 is 0 Å². The van der Waals surface area contributed by atoms with Gasteiger partial charge in [-0.05, 0) is 55.5 Å². The molecule has 4 rings (SSSR count). The van der Waals surface area contributed by atoms with Gasteiger partial charge in [0.05, 0.1) is 12.8 Å². The lowest BCUT2D eigenvalue weighted by molar-refractivity contribution is -0.122. The second-order valence-electron chi connectivity index (χ2n) is 7.28. The van der Waals surface area contributed by atoms with Crippen molar-refractivity contribution in [3.8, 4) is 22.8 Å². The average Bonchev–Trinajstić information content (AvgIpc) is 2.86. The number of amides is 1. The first-order valence-electron chi connectivity index (χ1n) is 10.5. The largest absolute Gasteiger partial charge is 0.497 e. The molecule has 0 aliphatic rings. The molecule has 0 fully saturated rings. The quantitative estimate of drug-likeness (QED) is 0.387. The molecule has 1 aromatic heterocycles. The molecule has 0 aliphatic carbocycles. The van der Waals surface area contributed by atoms with E-state index in [1.165, 1.54) is 6.33 Å². The van der Waals surface area contributed by atoms with E-state index in [2.05, 4.69) is 20.6 Å². The molecule has 0 saturated carbocycles. The smallest absolute Gasteiger partial charge is 0.265 e. The Balaban J connectivity index is 1.35. The number of nitrogens with one attached hydrogen (secondary N) is 2. The van der Waals surface area contributed by atoms with Gasteiger partial charge < -0.3 is 20.1 Å². The first-order valence-corrected chi connectivity index (χ1v) is 10.5. The zero-order valence-corrected chi connectivity index (χ0v) is 18.4. The lowest BCUT2D eigenvalue weighted by Crippen LogP contribution is -2.30. The molecule has 1 amide bonds. The Morgan fingerprint density at radius 1 is 0.848 bits per heavy atom. The fraction of sp³-hybridized carbons (Fsp3) is 0.115. The fourth-order valence-electron chi connectivity index (χ4n) is 3.13. The van der Waals surface area contributed by atoms with E-state index in [4.69, 9.17) is 9.47 Å². The molecule has 7 nitrogen and oxygen atoms in total. The fourth-order valence-corrected chi connectivity index (χ4v) is 3.13. The molecule has 0 bridgehead atoms. The summed E-state index contributed by atoms with van der Waals surface area (Å²) in [6.45, 7) is 1.70. The Labute approximate surface area is 192 Å². The lowest BCUT2D eigenvalue weighted by Gasteiger charge is -2.15. The molecule has 0 aliphatic heterocycles. The van der Waals surface area contributed by atoms with Crippen LogP contribution in [-0.4, -0.2) is 29.1 Å². The number of aromatic nitrogens is 2. The van der Waals surface area contributed by atoms with Crippen LogP contribution in [0.25, 0.3) is 11.3 Å². The van der Waals surface area contributed by atoms with Gasteiger partial charge in [-0.1, -0.05) is 30.3 Å². The van der Waals surface area contributed by atoms with E-state index in [-0.39, 0.29) is 5.91 Å². The van der Waals surface area contributed by atoms with Crippen molar-refractivity contribution in [1.29, 1.82) is 0 Å². The van der Waals surface area contributed by atoms with Crippen LogP contribution in [0.1, 0.15) is 6.92 Å². The molecule has 2 N–H and O–H groups in total. The zero-order valence-electron chi connectivity index (χ0n) is 18.4. The molecular weight excluding hydrogens is 416 g/mol. The highest BCUT2D eigenvalue weighted by atomic mass is 16.5. The van der Waals surface area contributed by atoms with Crippen LogP contribution in [0.2, 0.25) is 0 Å². The van der Waals surface area contributed by atoms with Gasteiger partial charge in [0, 0.05) is 23.0 Å². The normalized spacial score (nSPS) is 11.3. The van der Waals surface area contributed by atoms with Crippen LogP contribution < -0.4 is 20.1 Å². The van der Waals surface area contributed by atoms with Crippen molar-refractivity contribution >= 4 is 23.1 Å². The third-order valence-electron chi connectivity index (χ3n) is 4.90. The van der Waals surface area contributed by atoms with Crippen molar-refractivity contribution in [3.63, 3.8) is 0 Å². The van der Waals surface area contributed by atoms with Gasteiger partial charge in [-0.25, -0.2) is 9.97 Å². The number of hydrogen-bond acceptors (Lipinski definition) is 6. The summed E-state index contributed by atoms with van der Waals surface area (Å²) in [7, 11) is 1.60. The number of nitrogens with zero attached hydrogens (tertiary/aromatic N) is 2. The molecular formula is C26H24N4O3. The second-order valence-corrected chi connectivity index (χ2v) is 7.28. The number of ether oxygens (including phenoxy) is 2. The molecule has 0 spiro atoms. The molecule has 1 unspecified atom stereocenters. The average molecular weight is 441 g/mol. The van der Waals surface area contributed by atoms with Crippen molar-refractivity contribution in [2.75, 3.05) is 17.7 Å². The first kappa shape index (κ1) is 21.8. The molecule has 4 aromatic rings. The lowest BCUT2D eigenvalue weighted by atomic mass is 10.1. The maximum absolute atomic E-state index is 12.5. The van der Waals surface area contributed by atoms with Gasteiger partial charge in [-0.15, -0.1) is 0 Å². The van der Waals surface area contributed by atoms with Crippen LogP contribution in [0.4, 0.5) is 17.2 Å². The van der Waals surface area contributed by atoms with Crippen LogP contribution >= 0.6 is 0 Å². The molecule has 1 heterocycles. The minimum absolute atomic E-state index is 0.241. The van der Waals surface area contributed by atoms with Crippen LogP contribution in [0, 0.1) is 0 Å². The van der Waals surface area contributed by atoms with Gasteiger partial charge in [-0.3, -0.25) is 4.79 Å². The number of rotatable bonds is 8. The molecule has 3 aromatic carbocycles. The van der Waals surface area contributed by atoms with Gasteiger partial charge in [0.1, 0.15) is 23.6 Å². The Kier molecular flexibility index (Phi) is 6.80. The van der Waals surface area contributed by atoms with E-state index in [1.54, 1.807) is 38.3 Å². The Bertz CT molecular complexity index is 1200. The Morgan fingerprint density at radius 3 is 2.21 bits per heavy atom. The molecule has 1 atom stereocenters. The van der Waals surface area contributed by atoms with Crippen molar-refractivity contribution in [2.24, 2.45) is 0 Å². The number of carbonyl (C=O) groups is 1. The number of carbonyl (C=O) groups excluding carboxylic acids is 1. The number of benzene rings is 3. The number of methoxy groups -OCH3 is 1. The molecule has 166 valence electrons. The summed E-state index contributed by atoms with van der Waals surface area (Å²) in [5.41, 5.74) is 3.37. The standard InChI is InChI=1S/C26H24N4O3/c1-18(33-23-14-12-22(32-2)13-15-23)26(31)30-21-10-8-20(9-11-21)29-25-16-24(27-17-28-25)19-6-4-3-5-7-19/h3-18H,1-2H3,(H,30,31)(H,27,28,29). The predicted octanol–water partition coefficient (Wildman–Crippen LogP) is 5.30. The van der Waals surface area contributed by atoms with E-state index in [9.17, 15) is 4.79 Å². The third-order valence-corrected chi connectivity index (χ3v) is 4.90. The number of hydrogen-bond donors (Lipinski definition) is 2. The van der Waals surface area contributed by atoms with E-state index in [0.717, 1.165) is 22.7 Å². The van der Waals surface area contributed by atoms with Crippen LogP contribution in [0.15, 0.2) is 91.3 Å². The highest BCUT2D eigenvalue weighted by molar-refractivity contribution is 5.94. The molecule has 0 radical (unpaired) electrons. The SMILES string of the molecule is COc1ccc(OC(C)C(=O)Nc2ccc(Nc3cc(-c4ccccc4)ncn3)cc2)cc1. The number of anilines is 3. The Hall–Kier alpha value is -4.39. The van der Waals surface area contributed by atoms with Crippen molar-refractivity contribution < 1.29 is 14.3 Å². The molecule has 7 heteroatoms. The topological polar surface area (TPSA) is 85.4 Å². The minimum Gasteiger partial charge on any atom is -0.497 e. The van der Waals surface area contributed by atoms with Crippen LogP contribution in [0.3, 0.4) is 0 Å². The first-order chi connectivity index (χ1) is 16.1. The van der Waals surface area contributed by atoms with Gasteiger partial charge in [0.2, 0.25) is 0 Å². The molecule has 0 saturated heterocycles. The van der Waals surface area contributed by atoms with Gasteiger partial charge in [0.25, 0.3) is 5.91 Å². The monoisotopic (exact) mass is 440 g/mol. The summed E-state index contributed by atoms with van der Waals surface area (Å²) in [5, 5.41) is 6.12. The highest BCUT2D eigenvalue weighted by Crippen LogP contribution is 2.22. The summed E-state index contributed by atoms with van der Waals surface area (Å²) >= 11 is 0. The summed E-state index contributed by atoms with van der Waals surface area (Å²) in [6, 6.07) is 26.3. The Morgan fingerprint density at radius 2 is 1.52 bits per heavy atom. The highest BCUT2D eigenvalue weighted by Gasteiger charge is 2.15. The van der Waals surface area contributed by atoms with Crippen molar-refractivity contribution in [1.82, 2.24) is 9.97 Å². The van der Waals surface area contributed by atoms with E-state index in [0.29, 0.717) is 17.3 Å². The maximum Gasteiger partial charge on any atom is 0.265 e. The summed E-state index contributed by atoms with van der Waals surface area (Å²) < 4.78 is 10.8. The molecule has 33 heavy (non-hydrogen) atoms. The van der Waals surface area contributed by atoms with Crippen molar-refractivity contribution in [3.05, 3.63) is 91.3 Å². The summed E-state index contributed by atoms with van der Waals surface area (Å²) in [5.74, 6) is 1.76. The van der Waals surface area contributed by atoms with Crippen molar-refractivity contribution in [2.45, 2.75) is 13.0 Å². The second kappa shape index (κ2) is 10.3. The predicted molar refractivity (Wildman–Crippen MR) is 129 cm³/mol. The third kappa shape index (κ3) is 5.86. The maximum atomic E-state index is 12.5. The van der Waals surface area contributed by atoms with Gasteiger partial charge in [0.15, 0.2) is 6.10 Å². The summed E-state index contributed by atoms with van der Waals surface area (Å²) in [6.07, 6.45) is 0.873. The van der Waals surface area contributed by atoms with Gasteiger partial charge >= 0.3 is 0 Å². The van der Waals surface area contributed by atoms with Crippen LogP contribution in [-0.2, 0) is 4.79 Å². The van der Waals surface area contributed by atoms with E-state index < -0.39 is 6.10 Å². The zero-order chi connectivity index (χ0) is 23.0. The summed E-state index contributed by atoms with van der Waals surface area (Å²) in [4.78, 5) is 21.1. The van der Waals surface area contributed by atoms with Crippen LogP contribution in [0.5, 0.6) is 11.5 Å². The van der Waals surface area contributed by atoms with E-state index in [1.807, 2.05) is 60.7 Å².